The summed E-state index contributed by atoms with van der Waals surface area (Å²) in [6.07, 6.45) is 1.77. The molecule has 4 amide bonds. The van der Waals surface area contributed by atoms with E-state index in [-0.39, 0.29) is 112 Å². The van der Waals surface area contributed by atoms with Crippen LogP contribution in [0, 0.1) is 18.2 Å². The summed E-state index contributed by atoms with van der Waals surface area (Å²) in [6.45, 7) is 10.1. The first-order chi connectivity index (χ1) is 35.5. The van der Waals surface area contributed by atoms with Crippen LogP contribution in [-0.4, -0.2) is 144 Å². The molecular weight excluding hydrogens is 1020 g/mol. The summed E-state index contributed by atoms with van der Waals surface area (Å²) in [5.74, 6) is -0.685. The summed E-state index contributed by atoms with van der Waals surface area (Å²) in [5.41, 5.74) is 4.63. The van der Waals surface area contributed by atoms with Gasteiger partial charge in [-0.1, -0.05) is 68.2 Å². The summed E-state index contributed by atoms with van der Waals surface area (Å²) < 4.78 is 43.7. The number of methoxy groups -OCH3 is 1. The first-order valence-electron chi connectivity index (χ1n) is 24.5. The lowest BCUT2D eigenvalue weighted by Gasteiger charge is -2.35. The number of fused-ring (bicyclic) bond motifs is 1. The van der Waals surface area contributed by atoms with Gasteiger partial charge >= 0.3 is 0 Å². The largest absolute Gasteiger partial charge is 0.493 e. The number of aliphatic hydroxyl groups excluding tert-OH is 1. The van der Waals surface area contributed by atoms with Gasteiger partial charge in [0.2, 0.25) is 23.6 Å². The Morgan fingerprint density at radius 1 is 0.905 bits per heavy atom. The van der Waals surface area contributed by atoms with Crippen LogP contribution < -0.4 is 25.4 Å². The molecule has 5 aromatic rings. The molecule has 0 spiro atoms. The van der Waals surface area contributed by atoms with Gasteiger partial charge in [-0.25, -0.2) is 19.3 Å². The van der Waals surface area contributed by atoms with Crippen molar-refractivity contribution in [2.75, 3.05) is 71.7 Å². The highest BCUT2D eigenvalue weighted by atomic mass is 35.5. The van der Waals surface area contributed by atoms with Crippen LogP contribution >= 0.6 is 34.5 Å². The van der Waals surface area contributed by atoms with Gasteiger partial charge < -0.3 is 54.5 Å². The van der Waals surface area contributed by atoms with Gasteiger partial charge in [0.15, 0.2) is 17.3 Å². The van der Waals surface area contributed by atoms with Crippen LogP contribution in [0.25, 0.3) is 21.3 Å². The van der Waals surface area contributed by atoms with E-state index in [2.05, 4.69) is 30.9 Å². The number of amides is 4. The fraction of sp³-hybridized carbons (Fsp3) is 0.481. The predicted molar refractivity (Wildman–Crippen MR) is 279 cm³/mol. The third-order valence-electron chi connectivity index (χ3n) is 12.7. The number of carbonyl (C=O) groups is 4. The van der Waals surface area contributed by atoms with Gasteiger partial charge in [0.25, 0.3) is 0 Å². The van der Waals surface area contributed by atoms with Crippen LogP contribution in [0.15, 0.2) is 60.4 Å². The fourth-order valence-corrected chi connectivity index (χ4v) is 9.73. The molecule has 0 unspecified atom stereocenters. The molecule has 4 heterocycles. The van der Waals surface area contributed by atoms with Crippen molar-refractivity contribution >= 4 is 80.6 Å². The number of nitrogens with one attached hydrogen (secondary N) is 3. The topological polar surface area (TPSA) is 216 Å². The number of carbonyl (C=O) groups excluding carboxylic acids is 4. The number of halogens is 3. The zero-order valence-electron chi connectivity index (χ0n) is 42.1. The average molecular weight is 1080 g/mol. The number of aryl methyl sites for hydroxylation is 1. The Morgan fingerprint density at radius 3 is 2.26 bits per heavy atom. The molecule has 3 aromatic carbocycles. The number of nitrogens with zero attached hydrogens (tertiary/aromatic N) is 5. The van der Waals surface area contributed by atoms with E-state index in [1.807, 2.05) is 52.0 Å². The van der Waals surface area contributed by atoms with Gasteiger partial charge in [-0.05, 0) is 41.7 Å². The van der Waals surface area contributed by atoms with Gasteiger partial charge in [-0.15, -0.1) is 11.3 Å². The number of likely N-dealkylation sites (tertiary alicyclic amines) is 2. The maximum absolute atomic E-state index is 14.9. The third-order valence-corrected chi connectivity index (χ3v) is 14.4. The van der Waals surface area contributed by atoms with E-state index in [1.54, 1.807) is 33.9 Å². The molecule has 2 aliphatic heterocycles. The van der Waals surface area contributed by atoms with Crippen molar-refractivity contribution < 1.29 is 52.4 Å². The molecule has 3 atom stereocenters. The Balaban J connectivity index is 0.750. The van der Waals surface area contributed by atoms with E-state index in [9.17, 15) is 28.7 Å². The monoisotopic (exact) mass is 1080 g/mol. The molecule has 398 valence electrons. The van der Waals surface area contributed by atoms with Gasteiger partial charge in [0.05, 0.1) is 96.6 Å². The number of hydrogen-bond donors (Lipinski definition) is 4. The molecule has 2 aromatic heterocycles. The van der Waals surface area contributed by atoms with E-state index < -0.39 is 35.3 Å². The van der Waals surface area contributed by atoms with Gasteiger partial charge in [-0.3, -0.25) is 19.2 Å². The van der Waals surface area contributed by atoms with Crippen molar-refractivity contribution in [1.29, 1.82) is 0 Å². The van der Waals surface area contributed by atoms with Crippen LogP contribution in [0.5, 0.6) is 11.5 Å². The fourth-order valence-electron chi connectivity index (χ4n) is 8.61. The van der Waals surface area contributed by atoms with Crippen LogP contribution in [0.4, 0.5) is 15.9 Å². The molecule has 0 bridgehead atoms. The maximum Gasteiger partial charge on any atom is 0.246 e. The Morgan fingerprint density at radius 2 is 1.59 bits per heavy atom. The second-order valence-corrected chi connectivity index (χ2v) is 20.7. The summed E-state index contributed by atoms with van der Waals surface area (Å²) in [7, 11) is 1.53. The van der Waals surface area contributed by atoms with Crippen molar-refractivity contribution in [3.63, 3.8) is 0 Å². The summed E-state index contributed by atoms with van der Waals surface area (Å²) in [5, 5.41) is 19.8. The Kier molecular flexibility index (Phi) is 19.8. The van der Waals surface area contributed by atoms with E-state index in [1.165, 1.54) is 30.5 Å². The first kappa shape index (κ1) is 56.0. The van der Waals surface area contributed by atoms with Crippen molar-refractivity contribution in [2.45, 2.75) is 90.6 Å². The number of hydrogen-bond acceptors (Lipinski definition) is 15. The average Bonchev–Trinajstić information content (AvgIpc) is 4.01. The summed E-state index contributed by atoms with van der Waals surface area (Å²) in [6, 6.07) is 12.4. The molecular formula is C52H63Cl2FN8O10S. The van der Waals surface area contributed by atoms with Crippen LogP contribution in [-0.2, 0) is 39.9 Å². The van der Waals surface area contributed by atoms with Crippen LogP contribution in [0.2, 0.25) is 10.0 Å². The number of ether oxygens (including phenoxy) is 5. The molecule has 22 heteroatoms. The molecule has 4 N–H and O–H groups in total. The summed E-state index contributed by atoms with van der Waals surface area (Å²) in [4.78, 5) is 70.7. The number of anilines is 2. The lowest BCUT2D eigenvalue weighted by atomic mass is 9.85. The van der Waals surface area contributed by atoms with E-state index in [0.29, 0.717) is 54.2 Å². The molecule has 7 rings (SSSR count). The SMILES string of the molecule is COc1cc2ncnc(Nc3ccc(Cl)c(Cl)c3F)c2cc1OC1CCN(C(=O)CCOCCOCCOCCC(=O)N[C@H](C(=O)N2C[C@H](O)C[C@H]2C(=O)NCc2ccc(-c3scnc3C)cc2)C(C)(C)C)CC1. The molecule has 2 fully saturated rings. The number of β-amino-alcohol motifs (C(OH)–C–C–N with tert-alkyl or cyclic N) is 1. The van der Waals surface area contributed by atoms with Crippen LogP contribution in [0.3, 0.4) is 0 Å². The first-order valence-corrected chi connectivity index (χ1v) is 26.1. The molecule has 0 radical (unpaired) electrons. The van der Waals surface area contributed by atoms with Gasteiger partial charge in [-0.2, -0.15) is 0 Å². The number of aromatic nitrogens is 3. The summed E-state index contributed by atoms with van der Waals surface area (Å²) >= 11 is 13.6. The Bertz CT molecular complexity index is 2740. The number of thiazole rings is 1. The second-order valence-electron chi connectivity index (χ2n) is 19.1. The molecule has 2 aliphatic rings. The maximum atomic E-state index is 14.9. The number of piperidine rings is 1. The van der Waals surface area contributed by atoms with E-state index in [0.717, 1.165) is 21.7 Å². The highest BCUT2D eigenvalue weighted by Crippen LogP contribution is 2.38. The molecule has 74 heavy (non-hydrogen) atoms. The quantitative estimate of drug-likeness (QED) is 0.0374. The number of rotatable bonds is 23. The number of aliphatic hydroxyl groups is 1. The highest BCUT2D eigenvalue weighted by molar-refractivity contribution is 7.13. The van der Waals surface area contributed by atoms with Gasteiger partial charge in [0, 0.05) is 63.3 Å². The minimum Gasteiger partial charge on any atom is -0.493 e. The Labute approximate surface area is 443 Å². The highest BCUT2D eigenvalue weighted by Gasteiger charge is 2.44. The van der Waals surface area contributed by atoms with E-state index >= 15 is 0 Å². The normalized spacial score (nSPS) is 16.6. The third kappa shape index (κ3) is 14.8. The second kappa shape index (κ2) is 26.2. The molecule has 18 nitrogen and oxygen atoms in total. The van der Waals surface area contributed by atoms with Crippen molar-refractivity contribution in [3.05, 3.63) is 87.5 Å². The lowest BCUT2D eigenvalue weighted by molar-refractivity contribution is -0.144. The van der Waals surface area contributed by atoms with Crippen LogP contribution in [0.1, 0.15) is 64.1 Å². The minimum atomic E-state index is -0.953. The molecule has 0 aliphatic carbocycles. The predicted octanol–water partition coefficient (Wildman–Crippen LogP) is 7.27. The van der Waals surface area contributed by atoms with Crippen molar-refractivity contribution in [1.82, 2.24) is 35.4 Å². The van der Waals surface area contributed by atoms with Gasteiger partial charge in [0.1, 0.15) is 30.3 Å². The standard InChI is InChI=1S/C52H63Cl2FN8O10S/c1-31-47(74-30-59-31)33-8-6-32(7-9-33)27-56-50(67)40-24-34(64)28-63(40)51(68)48(52(2,3)4)61-43(65)14-18-70-20-22-72-23-21-71-19-15-44(66)62-16-12-35(13-17-62)73-42-25-36-39(26-41(42)69-5)57-29-58-49(36)60-38-11-10-37(53)45(54)46(38)55/h6-11,25-26,29-30,34-35,40,48,64H,12-24,27-28H2,1-5H3,(H,56,67)(H,61,65)(H,57,58,60)/t34-,40+,48-/m1/s1. The number of benzene rings is 3. The minimum absolute atomic E-state index is 0.00346. The van der Waals surface area contributed by atoms with Crippen molar-refractivity contribution in [2.24, 2.45) is 5.41 Å². The lowest BCUT2D eigenvalue weighted by Crippen LogP contribution is -2.57. The van der Waals surface area contributed by atoms with E-state index in [4.69, 9.17) is 46.9 Å². The molecule has 2 saturated heterocycles. The smallest absolute Gasteiger partial charge is 0.246 e. The Hall–Kier alpha value is -5.74. The molecule has 0 saturated carbocycles. The van der Waals surface area contributed by atoms with Crippen molar-refractivity contribution in [3.8, 4) is 21.9 Å². The zero-order chi connectivity index (χ0) is 52.9. The zero-order valence-corrected chi connectivity index (χ0v) is 44.4.